The van der Waals surface area contributed by atoms with Gasteiger partial charge in [-0.3, -0.25) is 5.43 Å². The summed E-state index contributed by atoms with van der Waals surface area (Å²) < 4.78 is 5.67. The number of thiazole rings is 1. The maximum absolute atomic E-state index is 5.67. The first-order valence-corrected chi connectivity index (χ1v) is 8.08. The molecule has 1 N–H and O–H groups in total. The highest BCUT2D eigenvalue weighted by Gasteiger charge is 2.05. The zero-order valence-corrected chi connectivity index (χ0v) is 14.3. The Bertz CT molecular complexity index is 637. The van der Waals surface area contributed by atoms with Gasteiger partial charge >= 0.3 is 0 Å². The molecule has 6 heteroatoms. The van der Waals surface area contributed by atoms with E-state index < -0.39 is 0 Å². The molecule has 1 aromatic heterocycles. The summed E-state index contributed by atoms with van der Waals surface area (Å²) in [4.78, 5) is 6.42. The van der Waals surface area contributed by atoms with E-state index in [0.29, 0.717) is 6.61 Å². The number of rotatable bonds is 7. The standard InChI is InChI=1S/C16H22N4OS/c1-5-21-15-7-6-13(8-14(15)10-20(3)4)9-17-19-16-18-12(2)11-22-16/h6-9,11H,5,10H2,1-4H3,(H,18,19). The van der Waals surface area contributed by atoms with Crippen molar-refractivity contribution >= 4 is 22.7 Å². The molecular formula is C16H22N4OS. The van der Waals surface area contributed by atoms with E-state index in [1.165, 1.54) is 0 Å². The van der Waals surface area contributed by atoms with E-state index in [-0.39, 0.29) is 0 Å². The first kappa shape index (κ1) is 16.5. The van der Waals surface area contributed by atoms with Crippen molar-refractivity contribution in [2.45, 2.75) is 20.4 Å². The van der Waals surface area contributed by atoms with Gasteiger partial charge in [0.05, 0.1) is 18.5 Å². The van der Waals surface area contributed by atoms with Crippen LogP contribution in [0.4, 0.5) is 5.13 Å². The first-order valence-electron chi connectivity index (χ1n) is 7.20. The fourth-order valence-electron chi connectivity index (χ4n) is 2.01. The molecule has 0 atom stereocenters. The van der Waals surface area contributed by atoms with Gasteiger partial charge in [-0.05, 0) is 51.7 Å². The smallest absolute Gasteiger partial charge is 0.203 e. The molecule has 2 aromatic rings. The first-order chi connectivity index (χ1) is 10.6. The molecule has 0 radical (unpaired) electrons. The number of aryl methyl sites for hydroxylation is 1. The van der Waals surface area contributed by atoms with E-state index in [1.807, 2.05) is 45.5 Å². The molecule has 5 nitrogen and oxygen atoms in total. The molecule has 0 aliphatic carbocycles. The molecule has 1 heterocycles. The predicted molar refractivity (Wildman–Crippen MR) is 93.1 cm³/mol. The third-order valence-corrected chi connectivity index (χ3v) is 3.73. The molecule has 0 aliphatic heterocycles. The zero-order valence-electron chi connectivity index (χ0n) is 13.5. The van der Waals surface area contributed by atoms with Crippen LogP contribution in [0.1, 0.15) is 23.7 Å². The average molecular weight is 318 g/mol. The minimum absolute atomic E-state index is 0.665. The third-order valence-electron chi connectivity index (χ3n) is 2.86. The van der Waals surface area contributed by atoms with Crippen molar-refractivity contribution in [3.63, 3.8) is 0 Å². The van der Waals surface area contributed by atoms with Crippen molar-refractivity contribution in [2.24, 2.45) is 5.10 Å². The van der Waals surface area contributed by atoms with Gasteiger partial charge < -0.3 is 9.64 Å². The van der Waals surface area contributed by atoms with Crippen LogP contribution in [0.15, 0.2) is 28.7 Å². The maximum Gasteiger partial charge on any atom is 0.203 e. The van der Waals surface area contributed by atoms with E-state index in [2.05, 4.69) is 26.5 Å². The lowest BCUT2D eigenvalue weighted by atomic mass is 10.1. The van der Waals surface area contributed by atoms with Gasteiger partial charge in [-0.25, -0.2) is 4.98 Å². The predicted octanol–water partition coefficient (Wildman–Crippen LogP) is 3.36. The minimum Gasteiger partial charge on any atom is -0.494 e. The zero-order chi connectivity index (χ0) is 15.9. The summed E-state index contributed by atoms with van der Waals surface area (Å²) in [5.41, 5.74) is 6.13. The monoisotopic (exact) mass is 318 g/mol. The molecule has 0 saturated heterocycles. The van der Waals surface area contributed by atoms with Crippen LogP contribution in [0.5, 0.6) is 5.75 Å². The highest BCUT2D eigenvalue weighted by molar-refractivity contribution is 7.13. The summed E-state index contributed by atoms with van der Waals surface area (Å²) in [6.07, 6.45) is 1.80. The van der Waals surface area contributed by atoms with Gasteiger partial charge in [-0.15, -0.1) is 11.3 Å². The summed E-state index contributed by atoms with van der Waals surface area (Å²) >= 11 is 1.54. The van der Waals surface area contributed by atoms with Gasteiger partial charge in [0.2, 0.25) is 5.13 Å². The number of aromatic nitrogens is 1. The molecule has 1 aromatic carbocycles. The van der Waals surface area contributed by atoms with Crippen LogP contribution >= 0.6 is 11.3 Å². The number of benzene rings is 1. The van der Waals surface area contributed by atoms with Gasteiger partial charge in [0, 0.05) is 17.5 Å². The van der Waals surface area contributed by atoms with Crippen molar-refractivity contribution in [1.82, 2.24) is 9.88 Å². The summed E-state index contributed by atoms with van der Waals surface area (Å²) in [6, 6.07) is 6.10. The topological polar surface area (TPSA) is 49.8 Å². The Morgan fingerprint density at radius 2 is 2.23 bits per heavy atom. The van der Waals surface area contributed by atoms with Crippen molar-refractivity contribution < 1.29 is 4.74 Å². The second-order valence-corrected chi connectivity index (χ2v) is 6.06. The largest absolute Gasteiger partial charge is 0.494 e. The normalized spacial score (nSPS) is 11.3. The van der Waals surface area contributed by atoms with Crippen LogP contribution < -0.4 is 10.2 Å². The average Bonchev–Trinajstić information content (AvgIpc) is 2.87. The number of ether oxygens (including phenoxy) is 1. The minimum atomic E-state index is 0.665. The molecule has 0 bridgehead atoms. The Labute approximate surface area is 135 Å². The lowest BCUT2D eigenvalue weighted by Gasteiger charge is -2.15. The number of hydrogen-bond donors (Lipinski definition) is 1. The SMILES string of the molecule is CCOc1ccc(C=NNc2nc(C)cs2)cc1CN(C)C. The number of anilines is 1. The lowest BCUT2D eigenvalue weighted by molar-refractivity contribution is 0.325. The third kappa shape index (κ3) is 4.82. The fraction of sp³-hybridized carbons (Fsp3) is 0.375. The summed E-state index contributed by atoms with van der Waals surface area (Å²) in [7, 11) is 4.09. The molecule has 2 rings (SSSR count). The molecule has 22 heavy (non-hydrogen) atoms. The Hall–Kier alpha value is -1.92. The fourth-order valence-corrected chi connectivity index (χ4v) is 2.64. The van der Waals surface area contributed by atoms with Crippen LogP contribution in [0.3, 0.4) is 0 Å². The van der Waals surface area contributed by atoms with E-state index in [4.69, 9.17) is 4.74 Å². The molecule has 0 saturated carbocycles. The van der Waals surface area contributed by atoms with Gasteiger partial charge in [-0.2, -0.15) is 5.10 Å². The Kier molecular flexibility index (Phi) is 5.91. The second-order valence-electron chi connectivity index (χ2n) is 5.20. The van der Waals surface area contributed by atoms with Gasteiger partial charge in [0.1, 0.15) is 5.75 Å². The van der Waals surface area contributed by atoms with E-state index in [1.54, 1.807) is 17.6 Å². The van der Waals surface area contributed by atoms with Crippen molar-refractivity contribution in [3.05, 3.63) is 40.4 Å². The van der Waals surface area contributed by atoms with E-state index >= 15 is 0 Å². The lowest BCUT2D eigenvalue weighted by Crippen LogP contribution is -2.12. The Balaban J connectivity index is 2.09. The summed E-state index contributed by atoms with van der Waals surface area (Å²) in [6.45, 7) is 5.45. The van der Waals surface area contributed by atoms with Crippen LogP contribution in [-0.2, 0) is 6.54 Å². The molecule has 0 amide bonds. The maximum atomic E-state index is 5.67. The highest BCUT2D eigenvalue weighted by atomic mass is 32.1. The highest BCUT2D eigenvalue weighted by Crippen LogP contribution is 2.21. The van der Waals surface area contributed by atoms with Crippen LogP contribution in [0, 0.1) is 6.92 Å². The molecule has 118 valence electrons. The Morgan fingerprint density at radius 3 is 2.86 bits per heavy atom. The summed E-state index contributed by atoms with van der Waals surface area (Å²) in [5.74, 6) is 0.928. The second kappa shape index (κ2) is 7.91. The van der Waals surface area contributed by atoms with Crippen molar-refractivity contribution in [2.75, 3.05) is 26.1 Å². The molecule has 0 aliphatic rings. The van der Waals surface area contributed by atoms with Crippen molar-refractivity contribution in [1.29, 1.82) is 0 Å². The number of nitrogens with one attached hydrogen (secondary N) is 1. The van der Waals surface area contributed by atoms with Gasteiger partial charge in [0.25, 0.3) is 0 Å². The molecule has 0 unspecified atom stereocenters. The quantitative estimate of drug-likeness (QED) is 0.628. The number of hydrazone groups is 1. The molecular weight excluding hydrogens is 296 g/mol. The Morgan fingerprint density at radius 1 is 1.41 bits per heavy atom. The molecule has 0 spiro atoms. The van der Waals surface area contributed by atoms with E-state index in [9.17, 15) is 0 Å². The van der Waals surface area contributed by atoms with Crippen LogP contribution in [-0.4, -0.2) is 36.8 Å². The summed E-state index contributed by atoms with van der Waals surface area (Å²) in [5, 5.41) is 7.03. The number of nitrogens with zero attached hydrogens (tertiary/aromatic N) is 3. The van der Waals surface area contributed by atoms with Crippen molar-refractivity contribution in [3.8, 4) is 5.75 Å². The van der Waals surface area contributed by atoms with Gasteiger partial charge in [0.15, 0.2) is 0 Å². The van der Waals surface area contributed by atoms with Crippen LogP contribution in [0.2, 0.25) is 0 Å². The molecule has 0 fully saturated rings. The number of hydrogen-bond acceptors (Lipinski definition) is 6. The van der Waals surface area contributed by atoms with Crippen LogP contribution in [0.25, 0.3) is 0 Å². The van der Waals surface area contributed by atoms with Gasteiger partial charge in [-0.1, -0.05) is 0 Å². The van der Waals surface area contributed by atoms with E-state index in [0.717, 1.165) is 34.2 Å².